The van der Waals surface area contributed by atoms with Crippen molar-refractivity contribution in [2.45, 2.75) is 26.2 Å². The van der Waals surface area contributed by atoms with Gasteiger partial charge in [-0.05, 0) is 6.07 Å². The van der Waals surface area contributed by atoms with Gasteiger partial charge in [0.05, 0.1) is 7.11 Å². The molecule has 8 nitrogen and oxygen atoms in total. The second kappa shape index (κ2) is 5.78. The zero-order valence-electron chi connectivity index (χ0n) is 12.4. The molecule has 2 rings (SSSR count). The number of methoxy groups -OCH3 is 1. The summed E-state index contributed by atoms with van der Waals surface area (Å²) in [5.41, 5.74) is 6.15. The molecule has 112 valence electrons. The predicted molar refractivity (Wildman–Crippen MR) is 77.0 cm³/mol. The summed E-state index contributed by atoms with van der Waals surface area (Å²) in [6.45, 7) is 6.10. The first-order valence-electron chi connectivity index (χ1n) is 6.39. The van der Waals surface area contributed by atoms with Gasteiger partial charge < -0.3 is 4.74 Å². The second-order valence-corrected chi connectivity index (χ2v) is 5.42. The van der Waals surface area contributed by atoms with Crippen molar-refractivity contribution in [1.29, 1.82) is 0 Å². The Hall–Kier alpha value is -2.64. The lowest BCUT2D eigenvalue weighted by atomic mass is 9.92. The molecule has 0 bridgehead atoms. The molecule has 0 fully saturated rings. The van der Waals surface area contributed by atoms with Crippen LogP contribution in [0.3, 0.4) is 0 Å². The first-order valence-corrected chi connectivity index (χ1v) is 6.39. The molecule has 0 radical (unpaired) electrons. The van der Waals surface area contributed by atoms with Gasteiger partial charge in [-0.15, -0.1) is 0 Å². The minimum absolute atomic E-state index is 0.102. The van der Waals surface area contributed by atoms with Gasteiger partial charge in [0.15, 0.2) is 5.69 Å². The number of hydrazine groups is 1. The number of carbonyl (C=O) groups excluding carboxylic acids is 1. The van der Waals surface area contributed by atoms with Crippen LogP contribution in [0.4, 0.5) is 5.95 Å². The second-order valence-electron chi connectivity index (χ2n) is 5.42. The molecule has 2 heterocycles. The van der Waals surface area contributed by atoms with Crippen LogP contribution in [0.1, 0.15) is 37.0 Å². The Morgan fingerprint density at radius 2 is 2.14 bits per heavy atom. The molecule has 0 atom stereocenters. The third-order valence-electron chi connectivity index (χ3n) is 2.75. The van der Waals surface area contributed by atoms with Crippen molar-refractivity contribution in [2.75, 3.05) is 12.5 Å². The van der Waals surface area contributed by atoms with Crippen molar-refractivity contribution in [1.82, 2.24) is 25.6 Å². The Morgan fingerprint density at radius 3 is 2.76 bits per heavy atom. The number of anilines is 1. The Morgan fingerprint density at radius 1 is 1.38 bits per heavy atom. The van der Waals surface area contributed by atoms with Crippen molar-refractivity contribution in [3.05, 3.63) is 29.7 Å². The molecular formula is C13H18N6O2. The van der Waals surface area contributed by atoms with Crippen LogP contribution in [0.15, 0.2) is 18.3 Å². The molecule has 2 aromatic rings. The minimum atomic E-state index is -0.381. The van der Waals surface area contributed by atoms with Crippen LogP contribution in [0.25, 0.3) is 0 Å². The third kappa shape index (κ3) is 3.68. The molecular weight excluding hydrogens is 272 g/mol. The standard InChI is InChI=1S/C13H18N6O2/c1-13(2,3)9-7-8(16-17-9)11(20)18-19-12-14-6-5-10(15-12)21-4/h5-7H,1-4H3,(H,16,17)(H,18,20)(H,14,15,19). The molecule has 2 aromatic heterocycles. The quantitative estimate of drug-likeness (QED) is 0.732. The van der Waals surface area contributed by atoms with Gasteiger partial charge in [0.1, 0.15) is 0 Å². The minimum Gasteiger partial charge on any atom is -0.481 e. The van der Waals surface area contributed by atoms with E-state index in [1.807, 2.05) is 20.8 Å². The number of hydrogen-bond donors (Lipinski definition) is 3. The van der Waals surface area contributed by atoms with E-state index in [9.17, 15) is 4.79 Å². The molecule has 0 aliphatic heterocycles. The molecule has 0 aromatic carbocycles. The molecule has 0 saturated carbocycles. The number of rotatable bonds is 4. The van der Waals surface area contributed by atoms with Crippen molar-refractivity contribution in [3.8, 4) is 5.88 Å². The maximum Gasteiger partial charge on any atom is 0.290 e. The van der Waals surface area contributed by atoms with Crippen LogP contribution >= 0.6 is 0 Å². The Labute approximate surface area is 122 Å². The summed E-state index contributed by atoms with van der Waals surface area (Å²) in [6.07, 6.45) is 1.52. The van der Waals surface area contributed by atoms with Crippen molar-refractivity contribution < 1.29 is 9.53 Å². The smallest absolute Gasteiger partial charge is 0.290 e. The Balaban J connectivity index is 2.00. The topological polar surface area (TPSA) is 105 Å². The first kappa shape index (κ1) is 14.8. The summed E-state index contributed by atoms with van der Waals surface area (Å²) >= 11 is 0. The largest absolute Gasteiger partial charge is 0.481 e. The van der Waals surface area contributed by atoms with Gasteiger partial charge in [0.25, 0.3) is 5.91 Å². The number of aromatic amines is 1. The molecule has 0 aliphatic rings. The molecule has 8 heteroatoms. The zero-order chi connectivity index (χ0) is 15.5. The van der Waals surface area contributed by atoms with E-state index < -0.39 is 0 Å². The summed E-state index contributed by atoms with van der Waals surface area (Å²) in [4.78, 5) is 19.9. The maximum absolute atomic E-state index is 12.0. The van der Waals surface area contributed by atoms with E-state index in [4.69, 9.17) is 4.74 Å². The van der Waals surface area contributed by atoms with E-state index in [0.29, 0.717) is 5.88 Å². The summed E-state index contributed by atoms with van der Waals surface area (Å²) in [6, 6.07) is 3.32. The summed E-state index contributed by atoms with van der Waals surface area (Å²) in [5.74, 6) is 0.249. The fraction of sp³-hybridized carbons (Fsp3) is 0.385. The molecule has 1 amide bonds. The van der Waals surface area contributed by atoms with E-state index >= 15 is 0 Å². The zero-order valence-corrected chi connectivity index (χ0v) is 12.4. The third-order valence-corrected chi connectivity index (χ3v) is 2.75. The van der Waals surface area contributed by atoms with E-state index in [2.05, 4.69) is 31.0 Å². The Bertz CT molecular complexity index is 632. The lowest BCUT2D eigenvalue weighted by molar-refractivity contribution is 0.0957. The van der Waals surface area contributed by atoms with Crippen LogP contribution in [-0.4, -0.2) is 33.2 Å². The number of H-pyrrole nitrogens is 1. The van der Waals surface area contributed by atoms with Crippen molar-refractivity contribution in [2.24, 2.45) is 0 Å². The number of carbonyl (C=O) groups is 1. The average Bonchev–Trinajstić information content (AvgIpc) is 2.95. The van der Waals surface area contributed by atoms with Gasteiger partial charge in [-0.2, -0.15) is 10.1 Å². The number of nitrogens with zero attached hydrogens (tertiary/aromatic N) is 3. The van der Waals surface area contributed by atoms with Gasteiger partial charge in [0.2, 0.25) is 11.8 Å². The Kier molecular flexibility index (Phi) is 4.06. The number of aromatic nitrogens is 4. The van der Waals surface area contributed by atoms with Gasteiger partial charge >= 0.3 is 0 Å². The van der Waals surface area contributed by atoms with Crippen LogP contribution in [0.5, 0.6) is 5.88 Å². The first-order chi connectivity index (χ1) is 9.90. The molecule has 0 unspecified atom stereocenters. The molecule has 3 N–H and O–H groups in total. The molecule has 0 aliphatic carbocycles. The van der Waals surface area contributed by atoms with Gasteiger partial charge in [-0.3, -0.25) is 20.7 Å². The maximum atomic E-state index is 12.0. The van der Waals surface area contributed by atoms with E-state index in [1.165, 1.54) is 13.3 Å². The van der Waals surface area contributed by atoms with Crippen LogP contribution in [-0.2, 0) is 5.41 Å². The number of hydrogen-bond acceptors (Lipinski definition) is 6. The fourth-order valence-corrected chi connectivity index (χ4v) is 1.52. The number of nitrogens with one attached hydrogen (secondary N) is 3. The summed E-state index contributed by atoms with van der Waals surface area (Å²) in [7, 11) is 1.50. The molecule has 21 heavy (non-hydrogen) atoms. The fourth-order valence-electron chi connectivity index (χ4n) is 1.52. The lowest BCUT2D eigenvalue weighted by Crippen LogP contribution is -2.30. The van der Waals surface area contributed by atoms with Crippen molar-refractivity contribution in [3.63, 3.8) is 0 Å². The highest BCUT2D eigenvalue weighted by Gasteiger charge is 2.19. The van der Waals surface area contributed by atoms with E-state index in [0.717, 1.165) is 5.69 Å². The van der Waals surface area contributed by atoms with Crippen LogP contribution in [0, 0.1) is 0 Å². The SMILES string of the molecule is COc1ccnc(NNC(=O)c2cc(C(C)(C)C)[nH]n2)n1. The van der Waals surface area contributed by atoms with Crippen LogP contribution < -0.4 is 15.6 Å². The van der Waals surface area contributed by atoms with Gasteiger partial charge in [0, 0.05) is 23.4 Å². The highest BCUT2D eigenvalue weighted by molar-refractivity contribution is 5.92. The number of amides is 1. The highest BCUT2D eigenvalue weighted by Crippen LogP contribution is 2.20. The summed E-state index contributed by atoms with van der Waals surface area (Å²) in [5, 5.41) is 6.84. The molecule has 0 spiro atoms. The monoisotopic (exact) mass is 290 g/mol. The predicted octanol–water partition coefficient (Wildman–Crippen LogP) is 1.26. The van der Waals surface area contributed by atoms with Crippen LogP contribution in [0.2, 0.25) is 0 Å². The summed E-state index contributed by atoms with van der Waals surface area (Å²) < 4.78 is 4.97. The lowest BCUT2D eigenvalue weighted by Gasteiger charge is -2.14. The highest BCUT2D eigenvalue weighted by atomic mass is 16.5. The van der Waals surface area contributed by atoms with Crippen molar-refractivity contribution >= 4 is 11.9 Å². The van der Waals surface area contributed by atoms with Gasteiger partial charge in [-0.25, -0.2) is 4.98 Å². The molecule has 0 saturated heterocycles. The number of ether oxygens (including phenoxy) is 1. The van der Waals surface area contributed by atoms with Gasteiger partial charge in [-0.1, -0.05) is 20.8 Å². The normalized spacial score (nSPS) is 11.0. The van der Waals surface area contributed by atoms with E-state index in [1.54, 1.807) is 12.1 Å². The average molecular weight is 290 g/mol. The van der Waals surface area contributed by atoms with E-state index in [-0.39, 0.29) is 23.0 Å².